The van der Waals surface area contributed by atoms with Gasteiger partial charge in [0, 0.05) is 16.8 Å². The smallest absolute Gasteiger partial charge is 0.0305 e. The van der Waals surface area contributed by atoms with Gasteiger partial charge < -0.3 is 5.73 Å². The van der Waals surface area contributed by atoms with Crippen LogP contribution in [0.4, 0.5) is 0 Å². The minimum atomic E-state index is 0.361. The Balaban J connectivity index is 1.78. The molecule has 6 atom stereocenters. The van der Waals surface area contributed by atoms with Crippen molar-refractivity contribution in [3.63, 3.8) is 0 Å². The van der Waals surface area contributed by atoms with Crippen molar-refractivity contribution in [3.8, 4) is 0 Å². The van der Waals surface area contributed by atoms with Crippen molar-refractivity contribution in [3.05, 3.63) is 23.3 Å². The van der Waals surface area contributed by atoms with E-state index >= 15 is 0 Å². The van der Waals surface area contributed by atoms with Crippen molar-refractivity contribution < 1.29 is 0 Å². The van der Waals surface area contributed by atoms with Gasteiger partial charge in [-0.3, -0.25) is 0 Å². The van der Waals surface area contributed by atoms with Crippen molar-refractivity contribution in [2.75, 3.05) is 0 Å². The summed E-state index contributed by atoms with van der Waals surface area (Å²) in [6.45, 7) is 0. The molecular weight excluding hydrogens is 286 g/mol. The molecule has 0 radical (unpaired) electrons. The van der Waals surface area contributed by atoms with Gasteiger partial charge in [0.15, 0.2) is 0 Å². The first-order valence-electron chi connectivity index (χ1n) is 7.55. The van der Waals surface area contributed by atoms with Gasteiger partial charge in [0.1, 0.15) is 0 Å². The van der Waals surface area contributed by atoms with Gasteiger partial charge in [-0.25, -0.2) is 0 Å². The Bertz CT molecular complexity index is 425. The topological polar surface area (TPSA) is 26.0 Å². The van der Waals surface area contributed by atoms with E-state index in [4.69, 9.17) is 5.73 Å². The molecule has 2 N–H and O–H groups in total. The fourth-order valence-corrected chi connectivity index (χ4v) is 6.00. The molecule has 0 aromatic rings. The number of rotatable bonds is 0. The van der Waals surface area contributed by atoms with Gasteiger partial charge in [-0.05, 0) is 56.3 Å². The van der Waals surface area contributed by atoms with E-state index in [1.807, 2.05) is 11.1 Å². The normalized spacial score (nSPS) is 50.1. The molecule has 1 fully saturated rings. The number of allylic oxidation sites excluding steroid dienone is 4. The number of nitrogens with two attached hydrogens (primary N) is 1. The summed E-state index contributed by atoms with van der Waals surface area (Å²) < 4.78 is 0. The maximum Gasteiger partial charge on any atom is 0.0305 e. The highest BCUT2D eigenvalue weighted by Gasteiger charge is 2.52. The standard InChI is InChI=1S/C16H22BrN/c17-14-8-13-10-5-2-1-4-9(10)11-6-3-7-12(15(11)13)16(14)18/h3,6,11-16H,1-2,4-5,7-8,18H2. The molecule has 0 heterocycles. The molecule has 0 amide bonds. The van der Waals surface area contributed by atoms with Crippen LogP contribution in [-0.2, 0) is 0 Å². The number of halogens is 1. The van der Waals surface area contributed by atoms with Gasteiger partial charge in [-0.15, -0.1) is 0 Å². The molecular formula is C16H22BrN. The zero-order valence-electron chi connectivity index (χ0n) is 10.8. The summed E-state index contributed by atoms with van der Waals surface area (Å²) in [5, 5.41) is 0. The van der Waals surface area contributed by atoms with Crippen LogP contribution in [0.25, 0.3) is 0 Å². The highest BCUT2D eigenvalue weighted by Crippen LogP contribution is 2.58. The summed E-state index contributed by atoms with van der Waals surface area (Å²) in [6, 6.07) is 0.361. The van der Waals surface area contributed by atoms with Gasteiger partial charge >= 0.3 is 0 Å². The SMILES string of the molecule is NC1C(Br)CC2C3=C(CCCC3)C3C=CCC1C32. The number of fused-ring (bicyclic) bond motifs is 2. The van der Waals surface area contributed by atoms with Crippen LogP contribution in [-0.4, -0.2) is 10.9 Å². The third-order valence-corrected chi connectivity index (χ3v) is 6.91. The van der Waals surface area contributed by atoms with E-state index in [-0.39, 0.29) is 0 Å². The molecule has 4 aliphatic rings. The molecule has 0 bridgehead atoms. The first-order valence-corrected chi connectivity index (χ1v) is 8.47. The average molecular weight is 308 g/mol. The van der Waals surface area contributed by atoms with E-state index in [1.165, 1.54) is 38.5 Å². The molecule has 1 saturated carbocycles. The second-order valence-electron chi connectivity index (χ2n) is 6.62. The van der Waals surface area contributed by atoms with Gasteiger partial charge in [-0.1, -0.05) is 39.2 Å². The summed E-state index contributed by atoms with van der Waals surface area (Å²) in [4.78, 5) is 0.532. The molecule has 1 nitrogen and oxygen atoms in total. The van der Waals surface area contributed by atoms with Gasteiger partial charge in [0.05, 0.1) is 0 Å². The third kappa shape index (κ3) is 1.48. The molecule has 0 aromatic heterocycles. The second kappa shape index (κ2) is 4.21. The molecule has 98 valence electrons. The highest BCUT2D eigenvalue weighted by atomic mass is 79.9. The van der Waals surface area contributed by atoms with E-state index in [0.29, 0.717) is 16.8 Å². The minimum absolute atomic E-state index is 0.361. The van der Waals surface area contributed by atoms with Gasteiger partial charge in [0.25, 0.3) is 0 Å². The van der Waals surface area contributed by atoms with E-state index in [0.717, 1.165) is 17.8 Å². The lowest BCUT2D eigenvalue weighted by Crippen LogP contribution is -2.50. The largest absolute Gasteiger partial charge is 0.326 e. The van der Waals surface area contributed by atoms with Crippen LogP contribution in [0.1, 0.15) is 38.5 Å². The third-order valence-electron chi connectivity index (χ3n) is 5.92. The van der Waals surface area contributed by atoms with Crippen molar-refractivity contribution in [1.29, 1.82) is 0 Å². The Kier molecular flexibility index (Phi) is 2.74. The van der Waals surface area contributed by atoms with Crippen LogP contribution in [0.3, 0.4) is 0 Å². The maximum absolute atomic E-state index is 6.48. The molecule has 18 heavy (non-hydrogen) atoms. The molecule has 4 rings (SSSR count). The summed E-state index contributed by atoms with van der Waals surface area (Å²) in [5.41, 5.74) is 10.2. The Morgan fingerprint density at radius 1 is 1.17 bits per heavy atom. The minimum Gasteiger partial charge on any atom is -0.326 e. The predicted octanol–water partition coefficient (Wildman–Crippen LogP) is 3.79. The summed E-state index contributed by atoms with van der Waals surface area (Å²) >= 11 is 3.86. The van der Waals surface area contributed by atoms with E-state index < -0.39 is 0 Å². The number of hydrogen-bond acceptors (Lipinski definition) is 1. The summed E-state index contributed by atoms with van der Waals surface area (Å²) in [6.07, 6.45) is 13.0. The Morgan fingerprint density at radius 2 is 1.94 bits per heavy atom. The van der Waals surface area contributed by atoms with Crippen molar-refractivity contribution >= 4 is 15.9 Å². The molecule has 0 spiro atoms. The predicted molar refractivity (Wildman–Crippen MR) is 78.5 cm³/mol. The molecule has 4 aliphatic carbocycles. The fourth-order valence-electron chi connectivity index (χ4n) is 5.20. The lowest BCUT2D eigenvalue weighted by atomic mass is 9.63. The molecule has 0 aliphatic heterocycles. The second-order valence-corrected chi connectivity index (χ2v) is 7.80. The van der Waals surface area contributed by atoms with E-state index in [9.17, 15) is 0 Å². The summed E-state index contributed by atoms with van der Waals surface area (Å²) in [7, 11) is 0. The molecule has 2 heteroatoms. The monoisotopic (exact) mass is 307 g/mol. The quantitative estimate of drug-likeness (QED) is 0.535. The maximum atomic E-state index is 6.48. The molecule has 0 aromatic carbocycles. The first-order chi connectivity index (χ1) is 8.77. The van der Waals surface area contributed by atoms with Gasteiger partial charge in [0.2, 0.25) is 0 Å². The molecule has 6 unspecified atom stereocenters. The highest BCUT2D eigenvalue weighted by molar-refractivity contribution is 9.09. The van der Waals surface area contributed by atoms with Crippen molar-refractivity contribution in [1.82, 2.24) is 0 Å². The van der Waals surface area contributed by atoms with Gasteiger partial charge in [-0.2, -0.15) is 0 Å². The lowest BCUT2D eigenvalue weighted by molar-refractivity contribution is 0.140. The van der Waals surface area contributed by atoms with Crippen LogP contribution in [0, 0.1) is 23.7 Å². The average Bonchev–Trinajstić information content (AvgIpc) is 2.72. The number of hydrogen-bond donors (Lipinski definition) is 1. The molecule has 0 saturated heterocycles. The Hall–Kier alpha value is -0.0800. The van der Waals surface area contributed by atoms with Crippen LogP contribution in [0.2, 0.25) is 0 Å². The first kappa shape index (κ1) is 11.7. The zero-order chi connectivity index (χ0) is 12.3. The lowest BCUT2D eigenvalue weighted by Gasteiger charge is -2.45. The summed E-state index contributed by atoms with van der Waals surface area (Å²) in [5.74, 6) is 3.18. The van der Waals surface area contributed by atoms with Crippen LogP contribution in [0.5, 0.6) is 0 Å². The van der Waals surface area contributed by atoms with Crippen LogP contribution < -0.4 is 5.73 Å². The van der Waals surface area contributed by atoms with Crippen LogP contribution in [0.15, 0.2) is 23.3 Å². The van der Waals surface area contributed by atoms with E-state index in [2.05, 4.69) is 28.1 Å². The Morgan fingerprint density at radius 3 is 2.78 bits per heavy atom. The zero-order valence-corrected chi connectivity index (χ0v) is 12.4. The number of alkyl halides is 1. The van der Waals surface area contributed by atoms with E-state index in [1.54, 1.807) is 0 Å². The van der Waals surface area contributed by atoms with Crippen molar-refractivity contribution in [2.24, 2.45) is 29.4 Å². The van der Waals surface area contributed by atoms with Crippen molar-refractivity contribution in [2.45, 2.75) is 49.4 Å². The fraction of sp³-hybridized carbons (Fsp3) is 0.750. The van der Waals surface area contributed by atoms with Crippen LogP contribution >= 0.6 is 15.9 Å². The Labute approximate surface area is 118 Å².